The number of aryl methyl sites for hydroxylation is 1. The van der Waals surface area contributed by atoms with Gasteiger partial charge in [-0.2, -0.15) is 0 Å². The van der Waals surface area contributed by atoms with Crippen molar-refractivity contribution in [1.82, 2.24) is 5.32 Å². The highest BCUT2D eigenvalue weighted by Gasteiger charge is 2.11. The van der Waals surface area contributed by atoms with Crippen LogP contribution in [-0.4, -0.2) is 31.1 Å². The minimum absolute atomic E-state index is 0.0400. The van der Waals surface area contributed by atoms with Crippen molar-refractivity contribution in [3.8, 4) is 5.75 Å². The summed E-state index contributed by atoms with van der Waals surface area (Å²) in [6.45, 7) is 5.04. The van der Waals surface area contributed by atoms with E-state index in [4.69, 9.17) is 13.9 Å². The van der Waals surface area contributed by atoms with Gasteiger partial charge in [-0.15, -0.1) is 0 Å². The first-order valence-electron chi connectivity index (χ1n) is 8.51. The molecule has 0 aliphatic rings. The SMILES string of the molecule is CCC[C@H](C)NC(=O)COC(=O)COc1ccc2c(C)cc(=O)oc2c1. The molecule has 0 aliphatic heterocycles. The number of fused-ring (bicyclic) bond motifs is 1. The first-order valence-corrected chi connectivity index (χ1v) is 8.51. The molecule has 0 unspecified atom stereocenters. The average molecular weight is 361 g/mol. The number of amides is 1. The fourth-order valence-electron chi connectivity index (χ4n) is 2.55. The highest BCUT2D eigenvalue weighted by molar-refractivity contribution is 5.82. The van der Waals surface area contributed by atoms with Gasteiger partial charge in [-0.1, -0.05) is 13.3 Å². The molecule has 1 aromatic heterocycles. The lowest BCUT2D eigenvalue weighted by Crippen LogP contribution is -2.36. The predicted molar refractivity (Wildman–Crippen MR) is 96.2 cm³/mol. The maximum atomic E-state index is 11.7. The third kappa shape index (κ3) is 5.61. The second-order valence-corrected chi connectivity index (χ2v) is 6.11. The number of carbonyl (C=O) groups is 2. The number of esters is 1. The van der Waals surface area contributed by atoms with Crippen LogP contribution >= 0.6 is 0 Å². The lowest BCUT2D eigenvalue weighted by atomic mass is 10.1. The van der Waals surface area contributed by atoms with E-state index in [0.29, 0.717) is 11.3 Å². The molecule has 7 nitrogen and oxygen atoms in total. The van der Waals surface area contributed by atoms with Gasteiger partial charge in [0.15, 0.2) is 13.2 Å². The number of benzene rings is 1. The van der Waals surface area contributed by atoms with E-state index in [9.17, 15) is 14.4 Å². The van der Waals surface area contributed by atoms with Gasteiger partial charge in [0.2, 0.25) is 0 Å². The smallest absolute Gasteiger partial charge is 0.344 e. The molecule has 2 aromatic rings. The van der Waals surface area contributed by atoms with E-state index in [1.807, 2.05) is 20.8 Å². The van der Waals surface area contributed by atoms with Crippen LogP contribution in [0, 0.1) is 6.92 Å². The topological polar surface area (TPSA) is 94.8 Å². The van der Waals surface area contributed by atoms with E-state index in [-0.39, 0.29) is 25.2 Å². The molecular weight excluding hydrogens is 338 g/mol. The second kappa shape index (κ2) is 9.03. The van der Waals surface area contributed by atoms with Gasteiger partial charge in [-0.05, 0) is 38.0 Å². The minimum atomic E-state index is -0.658. The van der Waals surface area contributed by atoms with Gasteiger partial charge >= 0.3 is 11.6 Å². The van der Waals surface area contributed by atoms with Crippen molar-refractivity contribution in [1.29, 1.82) is 0 Å². The van der Waals surface area contributed by atoms with Crippen molar-refractivity contribution in [2.45, 2.75) is 39.7 Å². The Morgan fingerprint density at radius 1 is 1.23 bits per heavy atom. The number of carbonyl (C=O) groups excluding carboxylic acids is 2. The summed E-state index contributed by atoms with van der Waals surface area (Å²) in [5.74, 6) is -0.638. The highest BCUT2D eigenvalue weighted by atomic mass is 16.6. The van der Waals surface area contributed by atoms with Crippen molar-refractivity contribution in [3.63, 3.8) is 0 Å². The van der Waals surface area contributed by atoms with E-state index < -0.39 is 11.6 Å². The Morgan fingerprint density at radius 3 is 2.73 bits per heavy atom. The molecule has 1 heterocycles. The average Bonchev–Trinajstić information content (AvgIpc) is 2.57. The van der Waals surface area contributed by atoms with Gasteiger partial charge in [0.1, 0.15) is 11.3 Å². The highest BCUT2D eigenvalue weighted by Crippen LogP contribution is 2.22. The van der Waals surface area contributed by atoms with Crippen LogP contribution in [0.25, 0.3) is 11.0 Å². The molecule has 1 amide bonds. The molecule has 1 aromatic carbocycles. The van der Waals surface area contributed by atoms with Crippen molar-refractivity contribution in [2.75, 3.05) is 13.2 Å². The van der Waals surface area contributed by atoms with Gasteiger partial charge in [-0.3, -0.25) is 4.79 Å². The summed E-state index contributed by atoms with van der Waals surface area (Å²) >= 11 is 0. The molecule has 140 valence electrons. The monoisotopic (exact) mass is 361 g/mol. The van der Waals surface area contributed by atoms with E-state index in [2.05, 4.69) is 5.32 Å². The van der Waals surface area contributed by atoms with Crippen molar-refractivity contribution >= 4 is 22.8 Å². The Balaban J connectivity index is 1.84. The normalized spacial score (nSPS) is 11.8. The quantitative estimate of drug-likeness (QED) is 0.573. The second-order valence-electron chi connectivity index (χ2n) is 6.11. The predicted octanol–water partition coefficient (Wildman–Crippen LogP) is 2.33. The number of ether oxygens (including phenoxy) is 2. The number of nitrogens with one attached hydrogen (secondary N) is 1. The molecule has 1 atom stereocenters. The van der Waals surface area contributed by atoms with E-state index in [1.54, 1.807) is 12.1 Å². The van der Waals surface area contributed by atoms with Crippen LogP contribution < -0.4 is 15.7 Å². The summed E-state index contributed by atoms with van der Waals surface area (Å²) < 4.78 is 15.3. The Morgan fingerprint density at radius 2 is 2.00 bits per heavy atom. The van der Waals surface area contributed by atoms with Crippen LogP contribution in [0.3, 0.4) is 0 Å². The van der Waals surface area contributed by atoms with Gasteiger partial charge in [0.25, 0.3) is 5.91 Å². The fraction of sp³-hybridized carbons (Fsp3) is 0.421. The molecule has 7 heteroatoms. The largest absolute Gasteiger partial charge is 0.482 e. The van der Waals surface area contributed by atoms with Crippen molar-refractivity contribution in [3.05, 3.63) is 40.2 Å². The summed E-state index contributed by atoms with van der Waals surface area (Å²) in [5, 5.41) is 3.53. The summed E-state index contributed by atoms with van der Waals surface area (Å²) in [7, 11) is 0. The standard InChI is InChI=1S/C19H23NO6/c1-4-5-13(3)20-17(21)10-25-19(23)11-24-14-6-7-15-12(2)8-18(22)26-16(15)9-14/h6-9,13H,4-5,10-11H2,1-3H3,(H,20,21)/t13-/m0/s1. The molecule has 26 heavy (non-hydrogen) atoms. The molecule has 0 fully saturated rings. The van der Waals surface area contributed by atoms with Crippen LogP contribution in [0.5, 0.6) is 5.75 Å². The zero-order valence-electron chi connectivity index (χ0n) is 15.2. The lowest BCUT2D eigenvalue weighted by molar-refractivity contribution is -0.150. The number of hydrogen-bond donors (Lipinski definition) is 1. The van der Waals surface area contributed by atoms with Crippen LogP contribution in [-0.2, 0) is 14.3 Å². The lowest BCUT2D eigenvalue weighted by Gasteiger charge is -2.13. The Labute approximate surface area is 151 Å². The van der Waals surface area contributed by atoms with Gasteiger partial charge < -0.3 is 19.2 Å². The van der Waals surface area contributed by atoms with Crippen LogP contribution in [0.4, 0.5) is 0 Å². The molecule has 0 spiro atoms. The molecule has 0 bridgehead atoms. The molecule has 1 N–H and O–H groups in total. The summed E-state index contributed by atoms with van der Waals surface area (Å²) in [6, 6.07) is 6.40. The van der Waals surface area contributed by atoms with Gasteiger partial charge in [-0.25, -0.2) is 9.59 Å². The van der Waals surface area contributed by atoms with Crippen LogP contribution in [0.2, 0.25) is 0 Å². The molecule has 2 rings (SSSR count). The minimum Gasteiger partial charge on any atom is -0.482 e. The number of hydrogen-bond acceptors (Lipinski definition) is 6. The third-order valence-corrected chi connectivity index (χ3v) is 3.77. The van der Waals surface area contributed by atoms with E-state index >= 15 is 0 Å². The number of rotatable bonds is 8. The van der Waals surface area contributed by atoms with Crippen LogP contribution in [0.15, 0.2) is 33.5 Å². The molecule has 0 saturated carbocycles. The van der Waals surface area contributed by atoms with E-state index in [0.717, 1.165) is 23.8 Å². The zero-order chi connectivity index (χ0) is 19.1. The molecular formula is C19H23NO6. The third-order valence-electron chi connectivity index (χ3n) is 3.77. The van der Waals surface area contributed by atoms with Gasteiger partial charge in [0.05, 0.1) is 0 Å². The van der Waals surface area contributed by atoms with Crippen LogP contribution in [0.1, 0.15) is 32.3 Å². The summed E-state index contributed by atoms with van der Waals surface area (Å²) in [6.07, 6.45) is 1.82. The molecule has 0 saturated heterocycles. The van der Waals surface area contributed by atoms with E-state index in [1.165, 1.54) is 12.1 Å². The maximum absolute atomic E-state index is 11.7. The van der Waals surface area contributed by atoms with Crippen molar-refractivity contribution in [2.24, 2.45) is 0 Å². The first-order chi connectivity index (χ1) is 12.4. The summed E-state index contributed by atoms with van der Waals surface area (Å²) in [5.41, 5.74) is 0.727. The molecule has 0 aliphatic carbocycles. The zero-order valence-corrected chi connectivity index (χ0v) is 15.2. The molecule has 0 radical (unpaired) electrons. The first kappa shape index (κ1) is 19.5. The Bertz CT molecular complexity index is 842. The Kier molecular flexibility index (Phi) is 6.77. The maximum Gasteiger partial charge on any atom is 0.344 e. The fourth-order valence-corrected chi connectivity index (χ4v) is 2.55. The van der Waals surface area contributed by atoms with Crippen molar-refractivity contribution < 1.29 is 23.5 Å². The Hall–Kier alpha value is -2.83. The summed E-state index contributed by atoms with van der Waals surface area (Å²) in [4.78, 5) is 34.8. The van der Waals surface area contributed by atoms with Gasteiger partial charge in [0, 0.05) is 23.6 Å².